The first kappa shape index (κ1) is 43.8. The molecule has 0 amide bonds. The van der Waals surface area contributed by atoms with Crippen molar-refractivity contribution in [3.63, 3.8) is 0 Å². The minimum atomic E-state index is -4.87. The molecule has 0 saturated carbocycles. The van der Waals surface area contributed by atoms with Crippen molar-refractivity contribution >= 4 is 56.5 Å². The van der Waals surface area contributed by atoms with Gasteiger partial charge in [0.2, 0.25) is 17.3 Å². The van der Waals surface area contributed by atoms with E-state index < -0.39 is 72.5 Å². The second kappa shape index (κ2) is 19.3. The fraction of sp³-hybridized carbons (Fsp3) is 0.333. The maximum atomic E-state index is 11.3. The number of pyridine rings is 2. The molecule has 2 aromatic heterocycles. The SMILES string of the molecule is CC(=O)CC(=O)C(F)(F)F.CC(=O)CC(=O)C(F)(F)F.CC(=O)CC(=O)C(F)(F)F.[Tb].c1cnc2c(c1)ccc1cccnc12. The van der Waals surface area contributed by atoms with E-state index in [1.807, 2.05) is 12.1 Å². The molecule has 0 aliphatic heterocycles. The van der Waals surface area contributed by atoms with Crippen LogP contribution in [-0.2, 0) is 28.8 Å². The van der Waals surface area contributed by atoms with Crippen molar-refractivity contribution in [1.29, 1.82) is 0 Å². The predicted octanol–water partition coefficient (Wildman–Crippen LogP) is 6.07. The number of rotatable bonds is 6. The molecular weight excluding hydrogens is 778 g/mol. The number of Topliss-reactive ketones (excluding diaryl/α,β-unsaturated/α-hetero) is 6. The van der Waals surface area contributed by atoms with Crippen LogP contribution in [0.5, 0.6) is 0 Å². The normalized spacial score (nSPS) is 10.8. The Morgan fingerprint density at radius 3 is 0.933 bits per heavy atom. The van der Waals surface area contributed by atoms with Crippen LogP contribution in [0.1, 0.15) is 40.0 Å². The van der Waals surface area contributed by atoms with Gasteiger partial charge in [-0.25, -0.2) is 0 Å². The van der Waals surface area contributed by atoms with Gasteiger partial charge in [-0.1, -0.05) is 24.3 Å². The molecule has 45 heavy (non-hydrogen) atoms. The summed E-state index contributed by atoms with van der Waals surface area (Å²) in [5.74, 6) is -8.29. The van der Waals surface area contributed by atoms with E-state index >= 15 is 0 Å². The fourth-order valence-electron chi connectivity index (χ4n) is 2.66. The molecule has 0 fully saturated rings. The van der Waals surface area contributed by atoms with E-state index in [-0.39, 0.29) is 38.6 Å². The second-order valence-electron chi connectivity index (χ2n) is 8.61. The summed E-state index contributed by atoms with van der Waals surface area (Å²) in [4.78, 5) is 68.4. The zero-order valence-corrected chi connectivity index (χ0v) is 25.5. The Morgan fingerprint density at radius 2 is 0.756 bits per heavy atom. The monoisotopic (exact) mass is 801 g/mol. The van der Waals surface area contributed by atoms with Crippen LogP contribution in [-0.4, -0.2) is 63.2 Å². The van der Waals surface area contributed by atoms with Gasteiger partial charge in [-0.2, -0.15) is 39.5 Å². The van der Waals surface area contributed by atoms with Crippen LogP contribution in [0.15, 0.2) is 48.8 Å². The molecule has 0 atom stereocenters. The van der Waals surface area contributed by atoms with Gasteiger partial charge in [-0.15, -0.1) is 0 Å². The topological polar surface area (TPSA) is 128 Å². The Kier molecular flexibility index (Phi) is 18.8. The first-order chi connectivity index (χ1) is 20.0. The molecule has 2 heterocycles. The van der Waals surface area contributed by atoms with Crippen molar-refractivity contribution < 1.29 is 107 Å². The van der Waals surface area contributed by atoms with E-state index in [0.29, 0.717) is 0 Å². The molecule has 1 radical (unpaired) electrons. The van der Waals surface area contributed by atoms with E-state index in [1.165, 1.54) is 0 Å². The number of hydrogen-bond donors (Lipinski definition) is 0. The van der Waals surface area contributed by atoms with Crippen LogP contribution < -0.4 is 0 Å². The maximum Gasteiger partial charge on any atom is 0.450 e. The molecular formula is C27H23F9N2O6Tb. The smallest absolute Gasteiger partial charge is 0.300 e. The van der Waals surface area contributed by atoms with E-state index in [1.54, 1.807) is 12.4 Å². The van der Waals surface area contributed by atoms with Gasteiger partial charge in [0.1, 0.15) is 17.3 Å². The van der Waals surface area contributed by atoms with Crippen molar-refractivity contribution in [2.24, 2.45) is 0 Å². The number of carbonyl (C=O) groups excluding carboxylic acids is 6. The zero-order valence-electron chi connectivity index (χ0n) is 23.3. The zero-order chi connectivity index (χ0) is 34.5. The molecule has 249 valence electrons. The molecule has 0 bridgehead atoms. The summed E-state index contributed by atoms with van der Waals surface area (Å²) in [5, 5.41) is 2.28. The maximum absolute atomic E-state index is 11.3. The largest absolute Gasteiger partial charge is 0.450 e. The van der Waals surface area contributed by atoms with E-state index in [9.17, 15) is 68.3 Å². The molecule has 3 aromatic rings. The molecule has 8 nitrogen and oxygen atoms in total. The Balaban J connectivity index is 0. The van der Waals surface area contributed by atoms with Gasteiger partial charge in [0, 0.05) is 61.8 Å². The number of benzene rings is 1. The van der Waals surface area contributed by atoms with Crippen LogP contribution >= 0.6 is 0 Å². The van der Waals surface area contributed by atoms with Crippen LogP contribution in [0.25, 0.3) is 21.8 Å². The van der Waals surface area contributed by atoms with Gasteiger partial charge >= 0.3 is 18.5 Å². The number of carbonyl (C=O) groups is 6. The molecule has 0 saturated heterocycles. The van der Waals surface area contributed by atoms with Crippen molar-refractivity contribution in [1.82, 2.24) is 9.97 Å². The summed E-state index contributed by atoms with van der Waals surface area (Å²) in [5.41, 5.74) is 1.95. The molecule has 18 heteroatoms. The van der Waals surface area contributed by atoms with Crippen molar-refractivity contribution in [3.8, 4) is 0 Å². The van der Waals surface area contributed by atoms with E-state index in [4.69, 9.17) is 0 Å². The number of alkyl halides is 9. The van der Waals surface area contributed by atoms with Gasteiger partial charge < -0.3 is 0 Å². The number of nitrogens with zero attached hydrogens (tertiary/aromatic N) is 2. The average molecular weight is 801 g/mol. The third-order valence-electron chi connectivity index (χ3n) is 4.52. The van der Waals surface area contributed by atoms with Gasteiger partial charge in [0.05, 0.1) is 30.3 Å². The average Bonchev–Trinajstić information content (AvgIpc) is 2.87. The number of halogens is 9. The van der Waals surface area contributed by atoms with Gasteiger partial charge in [0.15, 0.2) is 0 Å². The summed E-state index contributed by atoms with van der Waals surface area (Å²) >= 11 is 0. The summed E-state index contributed by atoms with van der Waals surface area (Å²) < 4.78 is 102. The van der Waals surface area contributed by atoms with E-state index in [2.05, 4.69) is 34.2 Å². The minimum absolute atomic E-state index is 0. The van der Waals surface area contributed by atoms with Crippen molar-refractivity contribution in [3.05, 3.63) is 48.8 Å². The van der Waals surface area contributed by atoms with Crippen molar-refractivity contribution in [2.75, 3.05) is 0 Å². The third kappa shape index (κ3) is 18.3. The second-order valence-corrected chi connectivity index (χ2v) is 8.61. The van der Waals surface area contributed by atoms with Gasteiger partial charge in [-0.05, 0) is 32.9 Å². The summed E-state index contributed by atoms with van der Waals surface area (Å²) in [6.07, 6.45) is -14.2. The molecule has 3 rings (SSSR count). The van der Waals surface area contributed by atoms with Crippen LogP contribution in [0.3, 0.4) is 0 Å². The summed E-state index contributed by atoms with van der Waals surface area (Å²) in [6, 6.07) is 12.1. The number of hydrogen-bond acceptors (Lipinski definition) is 8. The third-order valence-corrected chi connectivity index (χ3v) is 4.52. The quantitative estimate of drug-likeness (QED) is 0.167. The molecule has 0 spiro atoms. The molecule has 0 N–H and O–H groups in total. The Hall–Kier alpha value is -3.28. The Morgan fingerprint density at radius 1 is 0.511 bits per heavy atom. The molecule has 0 aliphatic rings. The number of aromatic nitrogens is 2. The predicted molar refractivity (Wildman–Crippen MR) is 136 cm³/mol. The van der Waals surface area contributed by atoms with Gasteiger partial charge in [-0.3, -0.25) is 38.7 Å². The van der Waals surface area contributed by atoms with Crippen LogP contribution in [0.4, 0.5) is 39.5 Å². The summed E-state index contributed by atoms with van der Waals surface area (Å²) in [6.45, 7) is 2.80. The number of ketones is 6. The Labute approximate surface area is 279 Å². The minimum Gasteiger partial charge on any atom is -0.300 e. The number of fused-ring (bicyclic) bond motifs is 3. The van der Waals surface area contributed by atoms with Crippen LogP contribution in [0.2, 0.25) is 0 Å². The molecule has 0 aliphatic carbocycles. The Bertz CT molecular complexity index is 1360. The molecule has 1 aromatic carbocycles. The van der Waals surface area contributed by atoms with E-state index in [0.717, 1.165) is 42.6 Å². The fourth-order valence-corrected chi connectivity index (χ4v) is 2.66. The van der Waals surface area contributed by atoms with Crippen LogP contribution in [0, 0.1) is 38.6 Å². The molecule has 0 unspecified atom stereocenters. The standard InChI is InChI=1S/C12H8N2.3C5H5F3O2.Tb/c1-3-9-5-6-10-4-2-8-14-12(10)11(9)13-7-1;3*1-3(9)2-4(10)5(6,7)8;/h1-8H;3*2H2,1H3;. The summed E-state index contributed by atoms with van der Waals surface area (Å²) in [7, 11) is 0. The van der Waals surface area contributed by atoms with Gasteiger partial charge in [0.25, 0.3) is 0 Å². The van der Waals surface area contributed by atoms with Crippen molar-refractivity contribution in [2.45, 2.75) is 58.6 Å². The first-order valence-electron chi connectivity index (χ1n) is 11.8. The first-order valence-corrected chi connectivity index (χ1v) is 11.8.